The Labute approximate surface area is 199 Å². The number of primary amides is 1. The van der Waals surface area contributed by atoms with Gasteiger partial charge in [0.25, 0.3) is 15.9 Å². The molecule has 0 bridgehead atoms. The van der Waals surface area contributed by atoms with Crippen molar-refractivity contribution in [3.63, 3.8) is 0 Å². The molecular weight excluding hydrogens is 480 g/mol. The van der Waals surface area contributed by atoms with Gasteiger partial charge in [0.1, 0.15) is 22.8 Å². The van der Waals surface area contributed by atoms with Crippen molar-refractivity contribution in [1.82, 2.24) is 15.4 Å². The summed E-state index contributed by atoms with van der Waals surface area (Å²) in [7, 11) is -0.0697. The number of hydrogen-bond acceptors (Lipinski definition) is 10. The maximum atomic E-state index is 13.2. The fraction of sp³-hybridized carbons (Fsp3) is 0.190. The van der Waals surface area contributed by atoms with Crippen LogP contribution in [0, 0.1) is 6.92 Å². The molecule has 0 spiro atoms. The van der Waals surface area contributed by atoms with Crippen molar-refractivity contribution in [1.29, 1.82) is 0 Å². The number of amides is 1. The second kappa shape index (κ2) is 9.06. The van der Waals surface area contributed by atoms with Crippen LogP contribution in [0.5, 0.6) is 17.2 Å². The summed E-state index contributed by atoms with van der Waals surface area (Å²) in [6.45, 7) is 1.66. The zero-order valence-electron chi connectivity index (χ0n) is 19.1. The number of aromatic nitrogens is 3. The number of sulfonamides is 1. The molecule has 4 aromatic rings. The molecule has 184 valence electrons. The highest BCUT2D eigenvalue weighted by molar-refractivity contribution is 7.93. The second-order valence-electron chi connectivity index (χ2n) is 7.24. The minimum atomic E-state index is -4.20. The molecule has 2 aromatic heterocycles. The van der Waals surface area contributed by atoms with Crippen molar-refractivity contribution >= 4 is 44.2 Å². The van der Waals surface area contributed by atoms with Gasteiger partial charge in [-0.25, -0.2) is 8.42 Å². The first-order valence-electron chi connectivity index (χ1n) is 10.0. The maximum Gasteiger partial charge on any atom is 0.270 e. The number of anilines is 3. The lowest BCUT2D eigenvalue weighted by Gasteiger charge is -2.14. The fourth-order valence-corrected chi connectivity index (χ4v) is 4.85. The lowest BCUT2D eigenvalue weighted by Crippen LogP contribution is -2.15. The molecule has 4 rings (SSSR count). The predicted molar refractivity (Wildman–Crippen MR) is 126 cm³/mol. The molecule has 14 heteroatoms. The smallest absolute Gasteiger partial charge is 0.270 e. The molecule has 5 N–H and O–H groups in total. The van der Waals surface area contributed by atoms with Crippen LogP contribution in [0.15, 0.2) is 39.8 Å². The largest absolute Gasteiger partial charge is 0.495 e. The highest BCUT2D eigenvalue weighted by Gasteiger charge is 2.27. The van der Waals surface area contributed by atoms with Crippen LogP contribution in [0.25, 0.3) is 11.0 Å². The zero-order valence-corrected chi connectivity index (χ0v) is 19.9. The van der Waals surface area contributed by atoms with Gasteiger partial charge in [0.15, 0.2) is 22.1 Å². The van der Waals surface area contributed by atoms with Gasteiger partial charge < -0.3 is 29.8 Å². The van der Waals surface area contributed by atoms with E-state index in [2.05, 4.69) is 25.4 Å². The third-order valence-corrected chi connectivity index (χ3v) is 6.52. The van der Waals surface area contributed by atoms with E-state index >= 15 is 0 Å². The lowest BCUT2D eigenvalue weighted by molar-refractivity contribution is 0.100. The van der Waals surface area contributed by atoms with Gasteiger partial charge in [0.2, 0.25) is 0 Å². The predicted octanol–water partition coefficient (Wildman–Crippen LogP) is 2.53. The minimum Gasteiger partial charge on any atom is -0.495 e. The number of nitrogens with one attached hydrogen (secondary N) is 3. The first-order chi connectivity index (χ1) is 16.7. The van der Waals surface area contributed by atoms with Gasteiger partial charge in [-0.2, -0.15) is 5.10 Å². The number of benzene rings is 2. The summed E-state index contributed by atoms with van der Waals surface area (Å²) < 4.78 is 50.0. The molecule has 0 atom stereocenters. The SMILES string of the molecule is COc1cc2c(NS(=O)(=O)c3c(OC)cccc3OC)noc2cc1Nc1n[nH]c(C)c1C(N)=O. The number of carbonyl (C=O) groups is 1. The minimum absolute atomic E-state index is 0.0775. The number of nitrogens with two attached hydrogens (primary N) is 1. The Morgan fingerprint density at radius 1 is 1.06 bits per heavy atom. The molecule has 0 radical (unpaired) electrons. The van der Waals surface area contributed by atoms with Crippen molar-refractivity contribution in [3.8, 4) is 17.2 Å². The second-order valence-corrected chi connectivity index (χ2v) is 8.86. The Kier molecular flexibility index (Phi) is 6.13. The number of ether oxygens (including phenoxy) is 3. The van der Waals surface area contributed by atoms with Crippen LogP contribution in [0.4, 0.5) is 17.3 Å². The van der Waals surface area contributed by atoms with E-state index in [-0.39, 0.29) is 39.2 Å². The Hall–Kier alpha value is -4.46. The number of methoxy groups -OCH3 is 3. The van der Waals surface area contributed by atoms with Gasteiger partial charge in [-0.15, -0.1) is 0 Å². The van der Waals surface area contributed by atoms with Gasteiger partial charge >= 0.3 is 0 Å². The number of aromatic amines is 1. The number of fused-ring (bicyclic) bond motifs is 1. The number of aryl methyl sites for hydroxylation is 1. The topological polar surface area (TPSA) is 184 Å². The van der Waals surface area contributed by atoms with Gasteiger partial charge in [0.05, 0.1) is 32.4 Å². The average molecular weight is 503 g/mol. The summed E-state index contributed by atoms with van der Waals surface area (Å²) >= 11 is 0. The van der Waals surface area contributed by atoms with Crippen LogP contribution >= 0.6 is 0 Å². The van der Waals surface area contributed by atoms with E-state index in [0.717, 1.165) is 0 Å². The molecule has 0 aliphatic rings. The van der Waals surface area contributed by atoms with E-state index in [1.54, 1.807) is 13.0 Å². The molecule has 0 unspecified atom stereocenters. The van der Waals surface area contributed by atoms with Crippen molar-refractivity contribution in [2.45, 2.75) is 11.8 Å². The number of rotatable bonds is 9. The highest BCUT2D eigenvalue weighted by atomic mass is 32.2. The zero-order chi connectivity index (χ0) is 25.3. The first-order valence-corrected chi connectivity index (χ1v) is 11.5. The number of H-pyrrole nitrogens is 1. The average Bonchev–Trinajstić information content (AvgIpc) is 3.39. The maximum absolute atomic E-state index is 13.2. The van der Waals surface area contributed by atoms with E-state index in [1.807, 2.05) is 0 Å². The van der Waals surface area contributed by atoms with E-state index in [4.69, 9.17) is 24.5 Å². The summed E-state index contributed by atoms with van der Waals surface area (Å²) in [5, 5.41) is 13.9. The van der Waals surface area contributed by atoms with Gasteiger partial charge in [-0.1, -0.05) is 11.2 Å². The standard InChI is InChI=1S/C21H22N6O7S/c1-10-17(19(22)28)21(25-24-10)23-12-9-15-11(8-16(12)33-4)20(26-34-15)27-35(29,30)18-13(31-2)6-5-7-14(18)32-3/h5-9H,1-4H3,(H2,22,28)(H,26,27)(H2,23,24,25). The van der Waals surface area contributed by atoms with Crippen molar-refractivity contribution in [3.05, 3.63) is 41.6 Å². The summed E-state index contributed by atoms with van der Waals surface area (Å²) in [4.78, 5) is 11.6. The quantitative estimate of drug-likeness (QED) is 0.265. The molecule has 1 amide bonds. The number of carbonyl (C=O) groups excluding carboxylic acids is 1. The normalized spacial score (nSPS) is 11.3. The fourth-order valence-electron chi connectivity index (χ4n) is 3.51. The molecule has 0 fully saturated rings. The highest BCUT2D eigenvalue weighted by Crippen LogP contribution is 2.38. The molecule has 0 aliphatic heterocycles. The molecule has 13 nitrogen and oxygen atoms in total. The van der Waals surface area contributed by atoms with Gasteiger partial charge in [0, 0.05) is 11.8 Å². The Balaban J connectivity index is 1.74. The summed E-state index contributed by atoms with van der Waals surface area (Å²) in [5.41, 5.74) is 6.73. The van der Waals surface area contributed by atoms with Crippen molar-refractivity contribution < 1.29 is 31.9 Å². The molecule has 2 aromatic carbocycles. The third kappa shape index (κ3) is 4.26. The van der Waals surface area contributed by atoms with E-state index in [9.17, 15) is 13.2 Å². The van der Waals surface area contributed by atoms with Crippen LogP contribution in [0.2, 0.25) is 0 Å². The molecule has 0 saturated heterocycles. The summed E-state index contributed by atoms with van der Waals surface area (Å²) in [6, 6.07) is 7.64. The van der Waals surface area contributed by atoms with Crippen LogP contribution in [0.1, 0.15) is 16.1 Å². The molecule has 0 saturated carbocycles. The number of hydrogen-bond donors (Lipinski definition) is 4. The molecule has 0 aliphatic carbocycles. The summed E-state index contributed by atoms with van der Waals surface area (Å²) in [5.74, 6) is -0.0711. The molecule has 2 heterocycles. The third-order valence-electron chi connectivity index (χ3n) is 5.12. The summed E-state index contributed by atoms with van der Waals surface area (Å²) in [6.07, 6.45) is 0. The van der Waals surface area contributed by atoms with E-state index in [0.29, 0.717) is 22.5 Å². The van der Waals surface area contributed by atoms with Crippen LogP contribution in [-0.2, 0) is 10.0 Å². The number of nitrogens with zero attached hydrogens (tertiary/aromatic N) is 2. The molecular formula is C21H22N6O7S. The van der Waals surface area contributed by atoms with Crippen LogP contribution in [-0.4, -0.2) is 51.0 Å². The van der Waals surface area contributed by atoms with Crippen LogP contribution in [0.3, 0.4) is 0 Å². The van der Waals surface area contributed by atoms with E-state index < -0.39 is 15.9 Å². The monoisotopic (exact) mass is 502 g/mol. The molecule has 35 heavy (non-hydrogen) atoms. The Morgan fingerprint density at radius 3 is 2.31 bits per heavy atom. The van der Waals surface area contributed by atoms with Gasteiger partial charge in [-0.05, 0) is 25.1 Å². The van der Waals surface area contributed by atoms with Crippen molar-refractivity contribution in [2.75, 3.05) is 31.4 Å². The Bertz CT molecular complexity index is 1500. The van der Waals surface area contributed by atoms with Crippen LogP contribution < -0.4 is 30.0 Å². The van der Waals surface area contributed by atoms with E-state index in [1.165, 1.54) is 45.6 Å². The lowest BCUT2D eigenvalue weighted by atomic mass is 10.2. The van der Waals surface area contributed by atoms with Gasteiger partial charge in [-0.3, -0.25) is 14.6 Å². The van der Waals surface area contributed by atoms with Crippen molar-refractivity contribution in [2.24, 2.45) is 5.73 Å². The Morgan fingerprint density at radius 2 is 1.71 bits per heavy atom. The first kappa shape index (κ1) is 23.7.